The van der Waals surface area contributed by atoms with Gasteiger partial charge in [0.25, 0.3) is 0 Å². The summed E-state index contributed by atoms with van der Waals surface area (Å²) in [6.07, 6.45) is 0.290. The Morgan fingerprint density at radius 1 is 0.737 bits per heavy atom. The lowest BCUT2D eigenvalue weighted by atomic mass is 10.0. The standard InChI is InChI=1S/C29H30N2O7/c1-19(32)37-26-14-13-23(17-27(26)38-20(2)33)16-25(29(35)36-18-22-11-7-4-8-12-22)31-28(34)24(30)15-21-9-5-3-6-10-21/h3-14,17,24-25H,15-16,18,30H2,1-2H3,(H,31,34)/t24-,25-/m0/s1. The largest absolute Gasteiger partial charge is 0.459 e. The van der Waals surface area contributed by atoms with Gasteiger partial charge in [-0.3, -0.25) is 14.4 Å². The number of carbonyl (C=O) groups is 4. The molecule has 0 spiro atoms. The van der Waals surface area contributed by atoms with Crippen LogP contribution in [0.2, 0.25) is 0 Å². The molecule has 2 atom stereocenters. The highest BCUT2D eigenvalue weighted by molar-refractivity contribution is 5.88. The summed E-state index contributed by atoms with van der Waals surface area (Å²) in [5.74, 6) is -2.33. The number of nitrogens with two attached hydrogens (primary N) is 1. The second kappa shape index (κ2) is 13.7. The van der Waals surface area contributed by atoms with Crippen molar-refractivity contribution >= 4 is 23.8 Å². The van der Waals surface area contributed by atoms with Crippen molar-refractivity contribution in [3.63, 3.8) is 0 Å². The topological polar surface area (TPSA) is 134 Å². The minimum atomic E-state index is -1.09. The van der Waals surface area contributed by atoms with E-state index in [2.05, 4.69) is 5.32 Å². The summed E-state index contributed by atoms with van der Waals surface area (Å²) < 4.78 is 15.8. The summed E-state index contributed by atoms with van der Waals surface area (Å²) in [4.78, 5) is 49.0. The van der Waals surface area contributed by atoms with Gasteiger partial charge in [-0.2, -0.15) is 0 Å². The summed E-state index contributed by atoms with van der Waals surface area (Å²) in [5, 5.41) is 2.70. The van der Waals surface area contributed by atoms with Crippen LogP contribution in [0, 0.1) is 0 Å². The zero-order chi connectivity index (χ0) is 27.5. The monoisotopic (exact) mass is 518 g/mol. The summed E-state index contributed by atoms with van der Waals surface area (Å²) in [7, 11) is 0. The molecule has 0 unspecified atom stereocenters. The number of benzene rings is 3. The summed E-state index contributed by atoms with van der Waals surface area (Å²) in [6, 6.07) is 20.9. The number of ether oxygens (including phenoxy) is 3. The average Bonchev–Trinajstić information content (AvgIpc) is 2.89. The highest BCUT2D eigenvalue weighted by Crippen LogP contribution is 2.29. The molecule has 1 amide bonds. The third-order valence-corrected chi connectivity index (χ3v) is 5.42. The predicted molar refractivity (Wildman–Crippen MR) is 139 cm³/mol. The van der Waals surface area contributed by atoms with Gasteiger partial charge >= 0.3 is 17.9 Å². The van der Waals surface area contributed by atoms with Crippen molar-refractivity contribution in [2.24, 2.45) is 5.73 Å². The molecule has 0 aliphatic carbocycles. The Hall–Kier alpha value is -4.50. The molecule has 3 aromatic rings. The minimum absolute atomic E-state index is 0.00599. The van der Waals surface area contributed by atoms with E-state index in [1.807, 2.05) is 60.7 Å². The molecule has 9 nitrogen and oxygen atoms in total. The van der Waals surface area contributed by atoms with Crippen molar-refractivity contribution in [2.45, 2.75) is 45.4 Å². The van der Waals surface area contributed by atoms with Gasteiger partial charge in [0.05, 0.1) is 6.04 Å². The number of amides is 1. The van der Waals surface area contributed by atoms with Crippen LogP contribution in [0.3, 0.4) is 0 Å². The van der Waals surface area contributed by atoms with Gasteiger partial charge < -0.3 is 25.3 Å². The molecule has 0 aliphatic heterocycles. The number of hydrogen-bond donors (Lipinski definition) is 2. The van der Waals surface area contributed by atoms with Gasteiger partial charge in [-0.05, 0) is 35.2 Å². The lowest BCUT2D eigenvalue weighted by Crippen LogP contribution is -2.50. The summed E-state index contributed by atoms with van der Waals surface area (Å²) in [6.45, 7) is 2.45. The van der Waals surface area contributed by atoms with E-state index in [1.165, 1.54) is 26.0 Å². The Kier molecular flexibility index (Phi) is 10.1. The molecule has 0 saturated heterocycles. The number of hydrogen-bond acceptors (Lipinski definition) is 8. The molecule has 0 bridgehead atoms. The van der Waals surface area contributed by atoms with Crippen LogP contribution >= 0.6 is 0 Å². The predicted octanol–water partition coefficient (Wildman–Crippen LogP) is 2.88. The molecule has 3 N–H and O–H groups in total. The number of rotatable bonds is 11. The molecular weight excluding hydrogens is 488 g/mol. The van der Waals surface area contributed by atoms with Crippen LogP contribution in [0.25, 0.3) is 0 Å². The third-order valence-electron chi connectivity index (χ3n) is 5.42. The van der Waals surface area contributed by atoms with Gasteiger partial charge in [0.1, 0.15) is 12.6 Å². The fourth-order valence-electron chi connectivity index (χ4n) is 3.65. The van der Waals surface area contributed by atoms with Crippen molar-refractivity contribution < 1.29 is 33.4 Å². The second-order valence-electron chi connectivity index (χ2n) is 8.62. The Morgan fingerprint density at radius 3 is 1.92 bits per heavy atom. The number of esters is 3. The first-order chi connectivity index (χ1) is 18.2. The van der Waals surface area contributed by atoms with Gasteiger partial charge in [0.2, 0.25) is 5.91 Å². The highest BCUT2D eigenvalue weighted by Gasteiger charge is 2.26. The van der Waals surface area contributed by atoms with E-state index in [9.17, 15) is 19.2 Å². The van der Waals surface area contributed by atoms with Gasteiger partial charge in [-0.1, -0.05) is 66.7 Å². The SMILES string of the molecule is CC(=O)Oc1ccc(C[C@H](NC(=O)[C@@H](N)Cc2ccccc2)C(=O)OCc2ccccc2)cc1OC(C)=O. The normalized spacial score (nSPS) is 12.1. The Morgan fingerprint density at radius 2 is 1.32 bits per heavy atom. The molecule has 0 heterocycles. The van der Waals surface area contributed by atoms with E-state index < -0.39 is 35.9 Å². The van der Waals surface area contributed by atoms with Crippen LogP contribution < -0.4 is 20.5 Å². The molecule has 9 heteroatoms. The first-order valence-electron chi connectivity index (χ1n) is 12.0. The molecule has 198 valence electrons. The van der Waals surface area contributed by atoms with Crippen LogP contribution in [0.4, 0.5) is 0 Å². The molecule has 0 saturated carbocycles. The molecule has 38 heavy (non-hydrogen) atoms. The maximum atomic E-state index is 13.1. The van der Waals surface area contributed by atoms with E-state index in [0.29, 0.717) is 5.56 Å². The Bertz CT molecular complexity index is 1260. The third kappa shape index (κ3) is 8.86. The van der Waals surface area contributed by atoms with Crippen molar-refractivity contribution in [3.8, 4) is 11.5 Å². The van der Waals surface area contributed by atoms with E-state index in [0.717, 1.165) is 11.1 Å². The van der Waals surface area contributed by atoms with Gasteiger partial charge in [-0.25, -0.2) is 4.79 Å². The van der Waals surface area contributed by atoms with Crippen molar-refractivity contribution in [2.75, 3.05) is 0 Å². The van der Waals surface area contributed by atoms with Crippen LogP contribution in [0.15, 0.2) is 78.9 Å². The lowest BCUT2D eigenvalue weighted by molar-refractivity contribution is -0.149. The first kappa shape index (κ1) is 28.1. The zero-order valence-corrected chi connectivity index (χ0v) is 21.2. The number of nitrogens with one attached hydrogen (secondary N) is 1. The maximum absolute atomic E-state index is 13.1. The fraction of sp³-hybridized carbons (Fsp3) is 0.241. The van der Waals surface area contributed by atoms with Crippen LogP contribution in [0.5, 0.6) is 11.5 Å². The smallest absolute Gasteiger partial charge is 0.329 e. The van der Waals surface area contributed by atoms with Crippen LogP contribution in [-0.2, 0) is 43.4 Å². The van der Waals surface area contributed by atoms with Gasteiger partial charge in [0, 0.05) is 20.3 Å². The lowest BCUT2D eigenvalue weighted by Gasteiger charge is -2.21. The fourth-order valence-corrected chi connectivity index (χ4v) is 3.65. The van der Waals surface area contributed by atoms with Crippen LogP contribution in [0.1, 0.15) is 30.5 Å². The summed E-state index contributed by atoms with van der Waals surface area (Å²) >= 11 is 0. The molecule has 0 fully saturated rings. The molecule has 3 aromatic carbocycles. The molecule has 3 rings (SSSR count). The van der Waals surface area contributed by atoms with E-state index in [4.69, 9.17) is 19.9 Å². The van der Waals surface area contributed by atoms with E-state index >= 15 is 0 Å². The Labute approximate surface area is 220 Å². The molecular formula is C29H30N2O7. The first-order valence-corrected chi connectivity index (χ1v) is 12.0. The molecule has 0 aliphatic rings. The summed E-state index contributed by atoms with van der Waals surface area (Å²) in [5.41, 5.74) is 8.32. The Balaban J connectivity index is 1.79. The average molecular weight is 519 g/mol. The van der Waals surface area contributed by atoms with Crippen molar-refractivity contribution in [1.82, 2.24) is 5.32 Å². The van der Waals surface area contributed by atoms with Crippen molar-refractivity contribution in [3.05, 3.63) is 95.6 Å². The molecule has 0 aromatic heterocycles. The minimum Gasteiger partial charge on any atom is -0.459 e. The van der Waals surface area contributed by atoms with Gasteiger partial charge in [0.15, 0.2) is 11.5 Å². The van der Waals surface area contributed by atoms with E-state index in [-0.39, 0.29) is 30.9 Å². The van der Waals surface area contributed by atoms with E-state index in [1.54, 1.807) is 6.07 Å². The van der Waals surface area contributed by atoms with Gasteiger partial charge in [-0.15, -0.1) is 0 Å². The number of carbonyl (C=O) groups excluding carboxylic acids is 4. The van der Waals surface area contributed by atoms with Crippen molar-refractivity contribution in [1.29, 1.82) is 0 Å². The van der Waals surface area contributed by atoms with Crippen LogP contribution in [-0.4, -0.2) is 35.9 Å². The zero-order valence-electron chi connectivity index (χ0n) is 21.2. The quantitative estimate of drug-likeness (QED) is 0.292. The highest BCUT2D eigenvalue weighted by atomic mass is 16.6. The molecule has 0 radical (unpaired) electrons. The second-order valence-corrected chi connectivity index (χ2v) is 8.62. The maximum Gasteiger partial charge on any atom is 0.329 e.